The fourth-order valence-electron chi connectivity index (χ4n) is 3.72. The van der Waals surface area contributed by atoms with Gasteiger partial charge in [-0.15, -0.1) is 0 Å². The molecular weight excluding hydrogens is 400 g/mol. The minimum atomic E-state index is -0.387. The standard InChI is InChI=1S/C21H32N6O4/c1-7-31-20(30)25-10-8-24(9-11-25)16(28)13-26-19(29)18-15(17(23-26)14(2)3)12-22-27(18)21(4,5)6/h12,14H,7-11,13H2,1-6H3. The molecule has 1 saturated heterocycles. The van der Waals surface area contributed by atoms with Crippen LogP contribution in [0.4, 0.5) is 4.79 Å². The summed E-state index contributed by atoms with van der Waals surface area (Å²) in [4.78, 5) is 41.3. The number of rotatable bonds is 4. The van der Waals surface area contributed by atoms with E-state index in [4.69, 9.17) is 4.74 Å². The van der Waals surface area contributed by atoms with E-state index in [0.717, 1.165) is 11.1 Å². The second-order valence-corrected chi connectivity index (χ2v) is 9.06. The van der Waals surface area contributed by atoms with E-state index >= 15 is 0 Å². The van der Waals surface area contributed by atoms with E-state index in [1.807, 2.05) is 34.6 Å². The molecule has 10 heteroatoms. The first-order chi connectivity index (χ1) is 14.5. The third kappa shape index (κ3) is 4.57. The van der Waals surface area contributed by atoms with Crippen LogP contribution in [-0.2, 0) is 21.6 Å². The van der Waals surface area contributed by atoms with E-state index in [9.17, 15) is 14.4 Å². The summed E-state index contributed by atoms with van der Waals surface area (Å²) in [6.07, 6.45) is 1.32. The highest BCUT2D eigenvalue weighted by molar-refractivity contribution is 5.81. The van der Waals surface area contributed by atoms with Gasteiger partial charge in [0.1, 0.15) is 12.1 Å². The van der Waals surface area contributed by atoms with E-state index in [1.165, 1.54) is 4.68 Å². The van der Waals surface area contributed by atoms with Crippen molar-refractivity contribution in [1.29, 1.82) is 0 Å². The molecule has 31 heavy (non-hydrogen) atoms. The van der Waals surface area contributed by atoms with Crippen molar-refractivity contribution < 1.29 is 14.3 Å². The number of hydrogen-bond donors (Lipinski definition) is 0. The number of carbonyl (C=O) groups excluding carboxylic acids is 2. The molecule has 0 bridgehead atoms. The third-order valence-corrected chi connectivity index (χ3v) is 5.34. The Kier molecular flexibility index (Phi) is 6.38. The molecule has 2 aromatic rings. The van der Waals surface area contributed by atoms with Crippen LogP contribution in [0.15, 0.2) is 11.0 Å². The van der Waals surface area contributed by atoms with Crippen LogP contribution < -0.4 is 5.56 Å². The fourth-order valence-corrected chi connectivity index (χ4v) is 3.72. The Labute approximate surface area is 181 Å². The van der Waals surface area contributed by atoms with Crippen molar-refractivity contribution in [2.75, 3.05) is 32.8 Å². The monoisotopic (exact) mass is 432 g/mol. The number of hydrogen-bond acceptors (Lipinski definition) is 6. The van der Waals surface area contributed by atoms with Gasteiger partial charge in [0, 0.05) is 31.6 Å². The molecule has 1 aliphatic heterocycles. The molecule has 2 aromatic heterocycles. The number of fused-ring (bicyclic) bond motifs is 1. The van der Waals surface area contributed by atoms with Gasteiger partial charge in [-0.1, -0.05) is 13.8 Å². The second kappa shape index (κ2) is 8.68. The molecule has 0 N–H and O–H groups in total. The maximum atomic E-state index is 13.3. The summed E-state index contributed by atoms with van der Waals surface area (Å²) in [5.74, 6) is -0.135. The second-order valence-electron chi connectivity index (χ2n) is 9.06. The quantitative estimate of drug-likeness (QED) is 0.730. The van der Waals surface area contributed by atoms with E-state index in [0.29, 0.717) is 38.3 Å². The van der Waals surface area contributed by atoms with Crippen molar-refractivity contribution >= 4 is 22.9 Å². The summed E-state index contributed by atoms with van der Waals surface area (Å²) < 4.78 is 7.97. The van der Waals surface area contributed by atoms with Gasteiger partial charge in [-0.2, -0.15) is 10.2 Å². The van der Waals surface area contributed by atoms with Crippen LogP contribution in [-0.4, -0.2) is 74.1 Å². The van der Waals surface area contributed by atoms with Gasteiger partial charge >= 0.3 is 6.09 Å². The molecule has 0 aliphatic carbocycles. The summed E-state index contributed by atoms with van der Waals surface area (Å²) >= 11 is 0. The first-order valence-electron chi connectivity index (χ1n) is 10.7. The van der Waals surface area contributed by atoms with Gasteiger partial charge in [0.15, 0.2) is 0 Å². The van der Waals surface area contributed by atoms with Crippen LogP contribution >= 0.6 is 0 Å². The van der Waals surface area contributed by atoms with Crippen LogP contribution in [0.2, 0.25) is 0 Å². The van der Waals surface area contributed by atoms with Crippen LogP contribution in [0.3, 0.4) is 0 Å². The topological polar surface area (TPSA) is 103 Å². The van der Waals surface area contributed by atoms with Gasteiger partial charge in [0.2, 0.25) is 5.91 Å². The zero-order valence-electron chi connectivity index (χ0n) is 19.2. The molecule has 3 heterocycles. The molecule has 0 unspecified atom stereocenters. The molecule has 1 aliphatic rings. The Morgan fingerprint density at radius 3 is 2.29 bits per heavy atom. The first-order valence-corrected chi connectivity index (χ1v) is 10.7. The van der Waals surface area contributed by atoms with Crippen LogP contribution in [0.1, 0.15) is 53.2 Å². The lowest BCUT2D eigenvalue weighted by molar-refractivity contribution is -0.133. The fraction of sp³-hybridized carbons (Fsp3) is 0.667. The van der Waals surface area contributed by atoms with E-state index in [1.54, 1.807) is 27.6 Å². The highest BCUT2D eigenvalue weighted by atomic mass is 16.6. The molecule has 170 valence electrons. The number of amides is 2. The van der Waals surface area contributed by atoms with Gasteiger partial charge < -0.3 is 14.5 Å². The van der Waals surface area contributed by atoms with Gasteiger partial charge in [0.05, 0.1) is 24.0 Å². The highest BCUT2D eigenvalue weighted by Crippen LogP contribution is 2.24. The van der Waals surface area contributed by atoms with Gasteiger partial charge in [-0.25, -0.2) is 9.48 Å². The number of carbonyl (C=O) groups is 2. The first kappa shape index (κ1) is 22.8. The molecule has 0 saturated carbocycles. The summed E-state index contributed by atoms with van der Waals surface area (Å²) in [5.41, 5.74) is 0.489. The average Bonchev–Trinajstić information content (AvgIpc) is 3.16. The van der Waals surface area contributed by atoms with E-state index < -0.39 is 0 Å². The maximum Gasteiger partial charge on any atom is 0.409 e. The predicted octanol–water partition coefficient (Wildman–Crippen LogP) is 1.77. The zero-order valence-corrected chi connectivity index (χ0v) is 19.2. The summed E-state index contributed by atoms with van der Waals surface area (Å²) in [7, 11) is 0. The number of ether oxygens (including phenoxy) is 1. The molecule has 0 radical (unpaired) electrons. The predicted molar refractivity (Wildman–Crippen MR) is 116 cm³/mol. The normalized spacial score (nSPS) is 15.1. The average molecular weight is 433 g/mol. The van der Waals surface area contributed by atoms with E-state index in [2.05, 4.69) is 10.2 Å². The molecular formula is C21H32N6O4. The number of piperazine rings is 1. The third-order valence-electron chi connectivity index (χ3n) is 5.34. The smallest absolute Gasteiger partial charge is 0.409 e. The SMILES string of the molecule is CCOC(=O)N1CCN(C(=O)Cn2nc(C(C)C)c3cnn(C(C)(C)C)c3c2=O)CC1. The molecule has 10 nitrogen and oxygen atoms in total. The molecule has 3 rings (SSSR count). The van der Waals surface area contributed by atoms with Crippen molar-refractivity contribution in [3.05, 3.63) is 22.2 Å². The maximum absolute atomic E-state index is 13.3. The van der Waals surface area contributed by atoms with Gasteiger partial charge in [0.25, 0.3) is 5.56 Å². The Morgan fingerprint density at radius 1 is 1.13 bits per heavy atom. The Bertz CT molecular complexity index is 1020. The summed E-state index contributed by atoms with van der Waals surface area (Å²) in [6.45, 7) is 13.5. The lowest BCUT2D eigenvalue weighted by atomic mass is 10.1. The number of aromatic nitrogens is 4. The van der Waals surface area contributed by atoms with Crippen LogP contribution in [0.25, 0.3) is 10.9 Å². The van der Waals surface area contributed by atoms with Gasteiger partial charge in [-0.05, 0) is 33.6 Å². The molecule has 2 amide bonds. The minimum Gasteiger partial charge on any atom is -0.450 e. The number of nitrogens with zero attached hydrogens (tertiary/aromatic N) is 6. The Balaban J connectivity index is 1.86. The van der Waals surface area contributed by atoms with Crippen molar-refractivity contribution in [3.8, 4) is 0 Å². The largest absolute Gasteiger partial charge is 0.450 e. The van der Waals surface area contributed by atoms with Crippen molar-refractivity contribution in [2.45, 2.75) is 59.5 Å². The lowest BCUT2D eigenvalue weighted by Crippen LogP contribution is -2.52. The van der Waals surface area contributed by atoms with Crippen molar-refractivity contribution in [2.24, 2.45) is 0 Å². The molecule has 0 atom stereocenters. The van der Waals surface area contributed by atoms with Crippen molar-refractivity contribution in [1.82, 2.24) is 29.4 Å². The van der Waals surface area contributed by atoms with Crippen LogP contribution in [0, 0.1) is 0 Å². The Hall–Kier alpha value is -2.91. The Morgan fingerprint density at radius 2 is 1.74 bits per heavy atom. The van der Waals surface area contributed by atoms with Gasteiger partial charge in [-0.3, -0.25) is 14.3 Å². The lowest BCUT2D eigenvalue weighted by Gasteiger charge is -2.34. The van der Waals surface area contributed by atoms with Crippen LogP contribution in [0.5, 0.6) is 0 Å². The minimum absolute atomic E-state index is 0.0650. The summed E-state index contributed by atoms with van der Waals surface area (Å²) in [6, 6.07) is 0. The summed E-state index contributed by atoms with van der Waals surface area (Å²) in [5, 5.41) is 9.68. The van der Waals surface area contributed by atoms with Crippen molar-refractivity contribution in [3.63, 3.8) is 0 Å². The molecule has 1 fully saturated rings. The molecule has 0 spiro atoms. The van der Waals surface area contributed by atoms with E-state index in [-0.39, 0.29) is 35.6 Å². The zero-order chi connectivity index (χ0) is 22.9. The highest BCUT2D eigenvalue weighted by Gasteiger charge is 2.27. The molecule has 0 aromatic carbocycles.